The van der Waals surface area contributed by atoms with E-state index in [0.717, 1.165) is 45.3 Å². The lowest BCUT2D eigenvalue weighted by atomic mass is 9.96. The maximum absolute atomic E-state index is 13.7. The number of carbonyl (C=O) groups excluding carboxylic acids is 1. The molecular weight excluding hydrogens is 1400 g/mol. The smallest absolute Gasteiger partial charge is 0.338 e. The Hall–Kier alpha value is -8.39. The van der Waals surface area contributed by atoms with Gasteiger partial charge in [-0.3, -0.25) is 0 Å². The molecule has 0 bridgehead atoms. The van der Waals surface area contributed by atoms with Crippen LogP contribution in [0.25, 0.3) is 22.5 Å². The highest BCUT2D eigenvalue weighted by Gasteiger charge is 2.51. The minimum atomic E-state index is -2.78. The first-order valence-corrected chi connectivity index (χ1v) is 40.9. The minimum absolute atomic E-state index is 0. The van der Waals surface area contributed by atoms with Gasteiger partial charge in [0, 0.05) is 74.5 Å². The van der Waals surface area contributed by atoms with E-state index in [0.29, 0.717) is 66.0 Å². The van der Waals surface area contributed by atoms with Crippen LogP contribution in [0.4, 0.5) is 0 Å². The molecule has 0 saturated carbocycles. The number of benzene rings is 8. The molecule has 0 spiro atoms. The van der Waals surface area contributed by atoms with Gasteiger partial charge in [0.2, 0.25) is 0 Å². The number of carboxylic acid groups (broad SMARTS) is 1. The highest BCUT2D eigenvalue weighted by atomic mass is 35.5. The van der Waals surface area contributed by atoms with Gasteiger partial charge < -0.3 is 42.4 Å². The summed E-state index contributed by atoms with van der Waals surface area (Å²) in [5, 5.41) is 25.0. The second-order valence-electron chi connectivity index (χ2n) is 31.6. The number of carboxylic acids is 1. The lowest BCUT2D eigenvalue weighted by Gasteiger charge is -2.43. The molecule has 564 valence electrons. The van der Waals surface area contributed by atoms with Gasteiger partial charge in [0.05, 0.1) is 50.9 Å². The first-order chi connectivity index (χ1) is 49.5. The number of carbonyl (C=O) groups is 2. The molecule has 2 heterocycles. The summed E-state index contributed by atoms with van der Waals surface area (Å²) in [5.41, 5.74) is 6.67. The van der Waals surface area contributed by atoms with E-state index in [1.54, 1.807) is 24.3 Å². The molecule has 0 amide bonds. The van der Waals surface area contributed by atoms with Crippen LogP contribution < -0.4 is 30.2 Å². The Morgan fingerprint density at radius 2 is 0.811 bits per heavy atom. The van der Waals surface area contributed by atoms with Crippen molar-refractivity contribution in [3.63, 3.8) is 0 Å². The highest BCUT2D eigenvalue weighted by Crippen LogP contribution is 2.39. The number of hydrogen-bond acceptors (Lipinski definition) is 10. The van der Waals surface area contributed by atoms with Crippen LogP contribution in [-0.4, -0.2) is 95.5 Å². The van der Waals surface area contributed by atoms with Crippen molar-refractivity contribution in [1.82, 2.24) is 19.1 Å². The van der Waals surface area contributed by atoms with E-state index in [1.807, 2.05) is 46.9 Å². The fraction of sp³-hybridized carbons (Fsp3) is 0.371. The number of aromatic carboxylic acids is 1. The first-order valence-electron chi connectivity index (χ1n) is 36.3. The molecule has 0 aliphatic heterocycles. The Labute approximate surface area is 643 Å². The van der Waals surface area contributed by atoms with Crippen LogP contribution in [0.1, 0.15) is 175 Å². The maximum atomic E-state index is 13.7. The first kappa shape index (κ1) is 84.9. The summed E-state index contributed by atoms with van der Waals surface area (Å²) >= 11 is 12.4. The number of aromatic nitrogens is 4. The van der Waals surface area contributed by atoms with E-state index in [9.17, 15) is 14.7 Å². The van der Waals surface area contributed by atoms with Crippen LogP contribution in [0.2, 0.25) is 20.1 Å². The molecule has 17 heteroatoms. The average molecular weight is 1510 g/mol. The van der Waals surface area contributed by atoms with Crippen LogP contribution in [0.3, 0.4) is 0 Å². The number of ether oxygens (including phenoxy) is 3. The van der Waals surface area contributed by atoms with Gasteiger partial charge in [-0.1, -0.05) is 284 Å². The van der Waals surface area contributed by atoms with E-state index < -0.39 is 40.8 Å². The summed E-state index contributed by atoms with van der Waals surface area (Å²) in [4.78, 5) is 34.1. The average Bonchev–Trinajstić information content (AvgIpc) is 1.50. The summed E-state index contributed by atoms with van der Waals surface area (Å²) in [6.45, 7) is 35.2. The van der Waals surface area contributed by atoms with Gasteiger partial charge in [0.1, 0.15) is 29.3 Å². The largest absolute Gasteiger partial charge is 0.489 e. The zero-order chi connectivity index (χ0) is 76.7. The zero-order valence-corrected chi connectivity index (χ0v) is 68.1. The van der Waals surface area contributed by atoms with Crippen LogP contribution in [0.5, 0.6) is 11.5 Å². The number of halogens is 2. The summed E-state index contributed by atoms with van der Waals surface area (Å²) in [5.74, 6) is 1.70. The topological polar surface area (TPSA) is 156 Å². The van der Waals surface area contributed by atoms with Crippen molar-refractivity contribution in [3.05, 3.63) is 263 Å². The SMILES string of the molecule is C.CC(C)Oc1ccc(C(=O)O)cc1Cl.CC(C)Oc1ccc(C(=O)O[C@H](CCO[Si](c2ccccc2)(c2ccccc2)C(C)(C)C)Cc2ccc(-c3cn(C)c(C(C)(C)C)n3)cc2)cc1Cl.Cn1cc(-c2ccc(C[C@H](O)CCO[Si](c3ccccc3)(c3ccccc3)C(C)(C)C)cc2)nc1C(C)(C)C. The second kappa shape index (κ2) is 36.9. The molecule has 2 atom stereocenters. The van der Waals surface area contributed by atoms with E-state index in [2.05, 4.69) is 269 Å². The molecule has 8 aromatic carbocycles. The number of hydrogen-bond donors (Lipinski definition) is 2. The number of esters is 1. The predicted octanol–water partition coefficient (Wildman–Crippen LogP) is 19.3. The van der Waals surface area contributed by atoms with Crippen molar-refractivity contribution in [3.8, 4) is 34.0 Å². The fourth-order valence-electron chi connectivity index (χ4n) is 13.5. The third-order valence-electron chi connectivity index (χ3n) is 18.2. The molecule has 10 aromatic rings. The van der Waals surface area contributed by atoms with Crippen LogP contribution in [-0.2, 0) is 51.4 Å². The van der Waals surface area contributed by atoms with Gasteiger partial charge in [0.25, 0.3) is 16.6 Å². The third-order valence-corrected chi connectivity index (χ3v) is 28.9. The lowest BCUT2D eigenvalue weighted by molar-refractivity contribution is 0.0249. The van der Waals surface area contributed by atoms with E-state index in [-0.39, 0.29) is 46.1 Å². The predicted molar refractivity (Wildman–Crippen MR) is 442 cm³/mol. The van der Waals surface area contributed by atoms with Crippen LogP contribution in [0.15, 0.2) is 219 Å². The molecule has 13 nitrogen and oxygen atoms in total. The summed E-state index contributed by atoms with van der Waals surface area (Å²) in [6, 6.07) is 68.7. The molecule has 106 heavy (non-hydrogen) atoms. The monoisotopic (exact) mass is 1510 g/mol. The molecule has 0 unspecified atom stereocenters. The minimum Gasteiger partial charge on any atom is -0.489 e. The summed E-state index contributed by atoms with van der Waals surface area (Å²) in [7, 11) is -1.28. The molecule has 2 aromatic heterocycles. The van der Waals surface area contributed by atoms with E-state index in [4.69, 9.17) is 61.3 Å². The standard InChI is InChI=1S/C44H53ClN2O4Si.C34H44N2O2Si.C10H11ClO3.CH4/c1-31(2)50-40-25-24-34(29-38(40)45)41(48)51-35(28-32-20-22-33(23-21-32)39-30-47(9)42(46-39)43(3,4)5)26-27-49-52(44(6,7)8,36-16-12-10-13-17-36)37-18-14-11-15-19-37;1-33(2,3)32-35-31(25-36(32)7)27-20-18-26(19-21-27)24-28(37)22-23-38-39(34(4,5)6,29-14-10-8-11-15-29)30-16-12-9-13-17-30;1-6(2)14-9-4-3-7(10(12)13)5-8(9)11;/h10-25,29-31,35H,26-28H2,1-9H3;8-21,25,28,37H,22-24H2,1-7H3;3-6H,1-2H3,(H,12,13);1H4/t35-;28-;;/m11../s1. The summed E-state index contributed by atoms with van der Waals surface area (Å²) in [6.07, 6.45) is 5.42. The Morgan fingerprint density at radius 3 is 1.13 bits per heavy atom. The van der Waals surface area contributed by atoms with Crippen molar-refractivity contribution in [1.29, 1.82) is 0 Å². The quantitative estimate of drug-likeness (QED) is 0.0415. The number of rotatable bonds is 25. The number of aliphatic hydroxyl groups is 1. The normalized spacial score (nSPS) is 12.6. The third kappa shape index (κ3) is 21.9. The summed E-state index contributed by atoms with van der Waals surface area (Å²) < 4.78 is 35.8. The van der Waals surface area contributed by atoms with E-state index >= 15 is 0 Å². The Morgan fingerprint density at radius 1 is 0.472 bits per heavy atom. The lowest BCUT2D eigenvalue weighted by Crippen LogP contribution is -2.66. The molecule has 0 saturated heterocycles. The van der Waals surface area contributed by atoms with Crippen molar-refractivity contribution in [2.75, 3.05) is 13.2 Å². The zero-order valence-electron chi connectivity index (χ0n) is 64.6. The van der Waals surface area contributed by atoms with Gasteiger partial charge in [-0.25, -0.2) is 19.6 Å². The van der Waals surface area contributed by atoms with Gasteiger partial charge in [0.15, 0.2) is 0 Å². The second-order valence-corrected chi connectivity index (χ2v) is 41.1. The van der Waals surface area contributed by atoms with Crippen LogP contribution in [0, 0.1) is 0 Å². The molecule has 0 radical (unpaired) electrons. The Balaban J connectivity index is 0.000000254. The van der Waals surface area contributed by atoms with Crippen molar-refractivity contribution in [2.24, 2.45) is 14.1 Å². The number of imidazole rings is 2. The van der Waals surface area contributed by atoms with Gasteiger partial charge in [-0.05, 0) is 119 Å². The maximum Gasteiger partial charge on any atom is 0.338 e. The van der Waals surface area contributed by atoms with Gasteiger partial charge >= 0.3 is 11.9 Å². The molecular formula is C89H112Cl2N4O9Si2. The molecule has 10 rings (SSSR count). The molecule has 0 aliphatic rings. The molecule has 0 aliphatic carbocycles. The molecule has 2 N–H and O–H groups in total. The van der Waals surface area contributed by atoms with Crippen LogP contribution >= 0.6 is 23.2 Å². The molecule has 0 fully saturated rings. The number of aryl methyl sites for hydroxylation is 2. The highest BCUT2D eigenvalue weighted by molar-refractivity contribution is 7.00. The Bertz CT molecular complexity index is 4330. The van der Waals surface area contributed by atoms with Gasteiger partial charge in [-0.15, -0.1) is 0 Å². The number of nitrogens with zero attached hydrogens (tertiary/aromatic N) is 4. The number of aliphatic hydroxyl groups excluding tert-OH is 1. The van der Waals surface area contributed by atoms with Crippen molar-refractivity contribution >= 4 is 72.5 Å². The van der Waals surface area contributed by atoms with Crippen molar-refractivity contribution in [2.45, 2.75) is 189 Å². The van der Waals surface area contributed by atoms with Gasteiger partial charge in [-0.2, -0.15) is 0 Å². The van der Waals surface area contributed by atoms with E-state index in [1.165, 1.54) is 32.9 Å². The van der Waals surface area contributed by atoms with Crippen molar-refractivity contribution < 1.29 is 42.9 Å². The Kier molecular flexibility index (Phi) is 29.6. The fourth-order valence-corrected chi connectivity index (χ4v) is 23.1.